The number of H-pyrrole nitrogens is 1. The fourth-order valence-corrected chi connectivity index (χ4v) is 2.58. The topological polar surface area (TPSA) is 92.8 Å². The van der Waals surface area contributed by atoms with Crippen LogP contribution in [0.5, 0.6) is 0 Å². The molecule has 1 aromatic rings. The average Bonchev–Trinajstić information content (AvgIpc) is 3.16. The van der Waals surface area contributed by atoms with Gasteiger partial charge in [-0.1, -0.05) is 13.8 Å². The number of hydrogen-bond donors (Lipinski definition) is 2. The van der Waals surface area contributed by atoms with E-state index >= 15 is 0 Å². The minimum Gasteiger partial charge on any atom is -0.390 e. The molecule has 22 heavy (non-hydrogen) atoms. The van der Waals surface area contributed by atoms with Gasteiger partial charge in [0.25, 0.3) is 0 Å². The van der Waals surface area contributed by atoms with E-state index in [1.54, 1.807) is 0 Å². The number of nitrogens with one attached hydrogen (secondary N) is 1. The highest BCUT2D eigenvalue weighted by atomic mass is 16.5. The summed E-state index contributed by atoms with van der Waals surface area (Å²) >= 11 is 0. The van der Waals surface area contributed by atoms with Crippen molar-refractivity contribution in [3.05, 3.63) is 23.5 Å². The van der Waals surface area contributed by atoms with Gasteiger partial charge in [0.1, 0.15) is 0 Å². The van der Waals surface area contributed by atoms with Crippen LogP contribution in [0.25, 0.3) is 0 Å². The summed E-state index contributed by atoms with van der Waals surface area (Å²) in [6.07, 6.45) is 5.82. The van der Waals surface area contributed by atoms with Gasteiger partial charge >= 0.3 is 0 Å². The van der Waals surface area contributed by atoms with Crippen LogP contribution in [0.3, 0.4) is 0 Å². The van der Waals surface area contributed by atoms with Crippen molar-refractivity contribution in [2.24, 2.45) is 15.7 Å². The van der Waals surface area contributed by atoms with Crippen LogP contribution in [0.2, 0.25) is 0 Å². The number of aliphatic imine (C=N–C) groups is 2. The maximum Gasteiger partial charge on any atom is 0.247 e. The second kappa shape index (κ2) is 7.89. The molecule has 2 atom stereocenters. The minimum atomic E-state index is -0.192. The van der Waals surface area contributed by atoms with Gasteiger partial charge in [0, 0.05) is 12.1 Å². The number of hydrogen-bond acceptors (Lipinski definition) is 2. The van der Waals surface area contributed by atoms with Gasteiger partial charge < -0.3 is 15.5 Å². The number of nitrogens with zero attached hydrogens (tertiary/aromatic N) is 2. The Hall–Kier alpha value is -1.95. The van der Waals surface area contributed by atoms with Gasteiger partial charge in [0.15, 0.2) is 5.84 Å². The van der Waals surface area contributed by atoms with E-state index in [1.807, 2.05) is 19.1 Å². The lowest BCUT2D eigenvalue weighted by molar-refractivity contribution is -0.117. The van der Waals surface area contributed by atoms with E-state index < -0.39 is 0 Å². The lowest BCUT2D eigenvalue weighted by Crippen LogP contribution is -2.07. The predicted octanol–water partition coefficient (Wildman–Crippen LogP) is 2.71. The fraction of sp³-hybridized carbons (Fsp3) is 0.562. The quantitative estimate of drug-likeness (QED) is 0.647. The molecule has 1 aliphatic heterocycles. The normalized spacial score (nSPS) is 22.5. The number of aromatic nitrogens is 1. The third-order valence-electron chi connectivity index (χ3n) is 3.75. The SMILES string of the molecule is CCCC(=O)N=C(N=CN)c1ccc(C2CCC(CC)O2)[nH]1. The maximum atomic E-state index is 11.7. The van der Waals surface area contributed by atoms with Gasteiger partial charge in [-0.25, -0.2) is 4.99 Å². The zero-order valence-electron chi connectivity index (χ0n) is 13.2. The van der Waals surface area contributed by atoms with Gasteiger partial charge in [-0.05, 0) is 37.8 Å². The lowest BCUT2D eigenvalue weighted by atomic mass is 10.1. The molecule has 2 unspecified atom stereocenters. The van der Waals surface area contributed by atoms with Crippen LogP contribution < -0.4 is 5.73 Å². The lowest BCUT2D eigenvalue weighted by Gasteiger charge is -2.10. The standard InChI is InChI=1S/C16H24N4O2/c1-3-5-15(21)20-16(18-10-17)13-8-7-12(19-13)14-9-6-11(4-2)22-14/h7-8,10-11,14,19H,3-6,9H2,1-2H3,(H2,17,18,20,21). The molecule has 2 heterocycles. The van der Waals surface area contributed by atoms with E-state index in [2.05, 4.69) is 21.9 Å². The number of amides is 1. The van der Waals surface area contributed by atoms with E-state index in [1.165, 1.54) is 0 Å². The molecule has 1 aliphatic rings. The van der Waals surface area contributed by atoms with E-state index in [4.69, 9.17) is 10.5 Å². The van der Waals surface area contributed by atoms with Crippen LogP contribution in [0, 0.1) is 0 Å². The minimum absolute atomic E-state index is 0.0770. The molecule has 0 radical (unpaired) electrons. The molecule has 0 bridgehead atoms. The Kier molecular flexibility index (Phi) is 5.89. The zero-order chi connectivity index (χ0) is 15.9. The summed E-state index contributed by atoms with van der Waals surface area (Å²) in [5.41, 5.74) is 7.04. The molecule has 0 aliphatic carbocycles. The largest absolute Gasteiger partial charge is 0.390 e. The Morgan fingerprint density at radius 1 is 1.45 bits per heavy atom. The van der Waals surface area contributed by atoms with Gasteiger partial charge in [-0.2, -0.15) is 4.99 Å². The second-order valence-corrected chi connectivity index (χ2v) is 5.42. The number of rotatable bonds is 5. The molecule has 3 N–H and O–H groups in total. The summed E-state index contributed by atoms with van der Waals surface area (Å²) < 4.78 is 5.97. The maximum absolute atomic E-state index is 11.7. The van der Waals surface area contributed by atoms with Crippen LogP contribution in [0.4, 0.5) is 0 Å². The molecule has 0 saturated carbocycles. The Labute approximate surface area is 130 Å². The van der Waals surface area contributed by atoms with Gasteiger partial charge in [0.2, 0.25) is 5.91 Å². The van der Waals surface area contributed by atoms with Crippen molar-refractivity contribution in [2.75, 3.05) is 0 Å². The molecule has 0 aromatic carbocycles. The van der Waals surface area contributed by atoms with E-state index in [-0.39, 0.29) is 12.0 Å². The molecule has 1 saturated heterocycles. The number of aromatic amines is 1. The molecule has 0 spiro atoms. The Balaban J connectivity index is 2.15. The number of amidine groups is 1. The molecule has 1 aromatic heterocycles. The summed E-state index contributed by atoms with van der Waals surface area (Å²) in [5, 5.41) is 0. The molecule has 6 heteroatoms. The van der Waals surface area contributed by atoms with Crippen molar-refractivity contribution in [1.82, 2.24) is 4.98 Å². The fourth-order valence-electron chi connectivity index (χ4n) is 2.58. The van der Waals surface area contributed by atoms with Gasteiger partial charge in [0.05, 0.1) is 24.2 Å². The number of carbonyl (C=O) groups excluding carboxylic acids is 1. The molecular weight excluding hydrogens is 280 g/mol. The molecule has 120 valence electrons. The van der Waals surface area contributed by atoms with Gasteiger partial charge in [-0.3, -0.25) is 4.79 Å². The number of nitrogens with two attached hydrogens (primary N) is 1. The third-order valence-corrected chi connectivity index (χ3v) is 3.75. The number of carbonyl (C=O) groups is 1. The Morgan fingerprint density at radius 3 is 2.91 bits per heavy atom. The zero-order valence-corrected chi connectivity index (χ0v) is 13.2. The van der Waals surface area contributed by atoms with E-state index in [0.29, 0.717) is 24.1 Å². The van der Waals surface area contributed by atoms with E-state index in [0.717, 1.165) is 37.7 Å². The smallest absolute Gasteiger partial charge is 0.247 e. The predicted molar refractivity (Wildman–Crippen MR) is 87.1 cm³/mol. The van der Waals surface area contributed by atoms with Crippen LogP contribution in [-0.2, 0) is 9.53 Å². The van der Waals surface area contributed by atoms with Crippen LogP contribution >= 0.6 is 0 Å². The van der Waals surface area contributed by atoms with Crippen molar-refractivity contribution < 1.29 is 9.53 Å². The summed E-state index contributed by atoms with van der Waals surface area (Å²) in [5.74, 6) is 0.125. The monoisotopic (exact) mass is 304 g/mol. The highest BCUT2D eigenvalue weighted by molar-refractivity contribution is 6.06. The summed E-state index contributed by atoms with van der Waals surface area (Å²) in [6.45, 7) is 4.07. The van der Waals surface area contributed by atoms with Crippen LogP contribution in [0.15, 0.2) is 22.1 Å². The van der Waals surface area contributed by atoms with E-state index in [9.17, 15) is 4.79 Å². The average molecular weight is 304 g/mol. The van der Waals surface area contributed by atoms with Crippen molar-refractivity contribution in [3.8, 4) is 0 Å². The van der Waals surface area contributed by atoms with Gasteiger partial charge in [-0.15, -0.1) is 0 Å². The Bertz CT molecular complexity index is 562. The number of ether oxygens (including phenoxy) is 1. The summed E-state index contributed by atoms with van der Waals surface area (Å²) in [7, 11) is 0. The highest BCUT2D eigenvalue weighted by Gasteiger charge is 2.26. The molecule has 1 amide bonds. The molecule has 1 fully saturated rings. The van der Waals surface area contributed by atoms with Crippen molar-refractivity contribution in [2.45, 2.75) is 58.2 Å². The first-order valence-corrected chi connectivity index (χ1v) is 7.88. The summed E-state index contributed by atoms with van der Waals surface area (Å²) in [4.78, 5) is 23.0. The van der Waals surface area contributed by atoms with Crippen molar-refractivity contribution in [1.29, 1.82) is 0 Å². The first-order valence-electron chi connectivity index (χ1n) is 7.88. The Morgan fingerprint density at radius 2 is 2.27 bits per heavy atom. The highest BCUT2D eigenvalue weighted by Crippen LogP contribution is 2.33. The second-order valence-electron chi connectivity index (χ2n) is 5.42. The third kappa shape index (κ3) is 4.04. The van der Waals surface area contributed by atoms with Crippen LogP contribution in [0.1, 0.15) is 63.4 Å². The summed E-state index contributed by atoms with van der Waals surface area (Å²) in [6, 6.07) is 3.83. The van der Waals surface area contributed by atoms with Crippen molar-refractivity contribution in [3.63, 3.8) is 0 Å². The molecule has 2 rings (SSSR count). The van der Waals surface area contributed by atoms with Crippen molar-refractivity contribution >= 4 is 18.1 Å². The molecule has 6 nitrogen and oxygen atoms in total. The van der Waals surface area contributed by atoms with Crippen LogP contribution in [-0.4, -0.2) is 29.2 Å². The molecular formula is C16H24N4O2. The first kappa shape index (κ1) is 16.4. The first-order chi connectivity index (χ1) is 10.7.